The summed E-state index contributed by atoms with van der Waals surface area (Å²) in [5.41, 5.74) is 9.12. The largest absolute Gasteiger partial charge is 0.383 e. The molecule has 0 saturated heterocycles. The third-order valence-electron chi connectivity index (χ3n) is 5.64. The van der Waals surface area contributed by atoms with E-state index in [2.05, 4.69) is 20.1 Å². The van der Waals surface area contributed by atoms with Crippen LogP contribution in [0.25, 0.3) is 22.6 Å². The van der Waals surface area contributed by atoms with Crippen molar-refractivity contribution in [1.82, 2.24) is 24.7 Å². The molecule has 0 atom stereocenters. The van der Waals surface area contributed by atoms with Crippen LogP contribution < -0.4 is 5.73 Å². The number of aromatic nitrogens is 5. The Labute approximate surface area is 167 Å². The molecule has 1 aromatic carbocycles. The van der Waals surface area contributed by atoms with Crippen molar-refractivity contribution in [2.24, 2.45) is 0 Å². The maximum absolute atomic E-state index is 14.1. The molecule has 0 spiro atoms. The Morgan fingerprint density at radius 3 is 2.69 bits per heavy atom. The summed E-state index contributed by atoms with van der Waals surface area (Å²) in [5, 5.41) is 5.49. The molecule has 4 aromatic rings. The second kappa shape index (κ2) is 7.24. The molecule has 1 saturated carbocycles. The summed E-state index contributed by atoms with van der Waals surface area (Å²) in [7, 11) is 0. The SMILES string of the molecule is Nc1nc(-c2nn(Cc3ccccc3F)c3ncccc23)ncc1C1CCCC1. The van der Waals surface area contributed by atoms with E-state index in [0.717, 1.165) is 23.8 Å². The Morgan fingerprint density at radius 2 is 1.90 bits per heavy atom. The molecule has 3 aromatic heterocycles. The Hall–Kier alpha value is -3.35. The van der Waals surface area contributed by atoms with Crippen LogP contribution in [0.3, 0.4) is 0 Å². The molecule has 1 aliphatic carbocycles. The highest BCUT2D eigenvalue weighted by molar-refractivity contribution is 5.89. The van der Waals surface area contributed by atoms with E-state index < -0.39 is 0 Å². The minimum atomic E-state index is -0.268. The molecular weight excluding hydrogens is 367 g/mol. The van der Waals surface area contributed by atoms with Crippen molar-refractivity contribution in [1.29, 1.82) is 0 Å². The van der Waals surface area contributed by atoms with Gasteiger partial charge in [-0.1, -0.05) is 31.0 Å². The lowest BCUT2D eigenvalue weighted by molar-refractivity contribution is 0.589. The van der Waals surface area contributed by atoms with Gasteiger partial charge in [-0.15, -0.1) is 0 Å². The Balaban J connectivity index is 1.57. The minimum absolute atomic E-state index is 0.268. The van der Waals surface area contributed by atoms with Crippen LogP contribution in [-0.4, -0.2) is 24.7 Å². The molecule has 146 valence electrons. The van der Waals surface area contributed by atoms with Gasteiger partial charge in [0.05, 0.1) is 11.9 Å². The standard InChI is InChI=1S/C22H21FN6/c23-18-10-4-3-8-15(18)13-29-22-16(9-5-11-25-22)19(28-29)21-26-12-17(20(24)27-21)14-6-1-2-7-14/h3-5,8-12,14H,1-2,6-7,13H2,(H2,24,26,27). The summed E-state index contributed by atoms with van der Waals surface area (Å²) >= 11 is 0. The van der Waals surface area contributed by atoms with Crippen molar-refractivity contribution in [3.05, 3.63) is 65.7 Å². The molecule has 5 rings (SSSR count). The lowest BCUT2D eigenvalue weighted by Gasteiger charge is -2.11. The Bertz CT molecular complexity index is 1180. The summed E-state index contributed by atoms with van der Waals surface area (Å²) in [6.45, 7) is 0.274. The molecular formula is C22H21FN6. The zero-order valence-corrected chi connectivity index (χ0v) is 15.9. The van der Waals surface area contributed by atoms with Gasteiger partial charge in [-0.2, -0.15) is 5.10 Å². The number of nitrogens with zero attached hydrogens (tertiary/aromatic N) is 5. The highest BCUT2D eigenvalue weighted by Crippen LogP contribution is 2.36. The van der Waals surface area contributed by atoms with E-state index in [-0.39, 0.29) is 12.4 Å². The number of nitrogen functional groups attached to an aromatic ring is 1. The first kappa shape index (κ1) is 17.7. The van der Waals surface area contributed by atoms with Crippen molar-refractivity contribution in [3.8, 4) is 11.5 Å². The number of halogens is 1. The summed E-state index contributed by atoms with van der Waals surface area (Å²) in [4.78, 5) is 13.6. The van der Waals surface area contributed by atoms with E-state index in [1.54, 1.807) is 23.0 Å². The number of benzene rings is 1. The van der Waals surface area contributed by atoms with Crippen LogP contribution in [0.4, 0.5) is 10.2 Å². The topological polar surface area (TPSA) is 82.5 Å². The van der Waals surface area contributed by atoms with Crippen LogP contribution in [0.5, 0.6) is 0 Å². The second-order valence-corrected chi connectivity index (χ2v) is 7.49. The lowest BCUT2D eigenvalue weighted by Crippen LogP contribution is -2.06. The summed E-state index contributed by atoms with van der Waals surface area (Å²) in [5.74, 6) is 1.16. The molecule has 3 heterocycles. The molecule has 0 unspecified atom stereocenters. The Kier molecular flexibility index (Phi) is 4.42. The van der Waals surface area contributed by atoms with Crippen molar-refractivity contribution in [3.63, 3.8) is 0 Å². The van der Waals surface area contributed by atoms with E-state index >= 15 is 0 Å². The monoisotopic (exact) mass is 388 g/mol. The van der Waals surface area contributed by atoms with Crippen LogP contribution in [0.2, 0.25) is 0 Å². The number of hydrogen-bond acceptors (Lipinski definition) is 5. The van der Waals surface area contributed by atoms with Crippen molar-refractivity contribution < 1.29 is 4.39 Å². The summed E-state index contributed by atoms with van der Waals surface area (Å²) in [6, 6.07) is 10.4. The first-order valence-corrected chi connectivity index (χ1v) is 9.88. The smallest absolute Gasteiger partial charge is 0.182 e. The molecule has 0 aliphatic heterocycles. The summed E-state index contributed by atoms with van der Waals surface area (Å²) in [6.07, 6.45) is 8.26. The van der Waals surface area contributed by atoms with Crippen LogP contribution in [0.15, 0.2) is 48.8 Å². The van der Waals surface area contributed by atoms with Crippen LogP contribution in [0.1, 0.15) is 42.7 Å². The number of anilines is 1. The first-order valence-electron chi connectivity index (χ1n) is 9.88. The van der Waals surface area contributed by atoms with E-state index in [1.807, 2.05) is 24.4 Å². The average molecular weight is 388 g/mol. The molecule has 0 radical (unpaired) electrons. The average Bonchev–Trinajstić information content (AvgIpc) is 3.38. The van der Waals surface area contributed by atoms with Gasteiger partial charge in [0.1, 0.15) is 17.3 Å². The van der Waals surface area contributed by atoms with Crippen molar-refractivity contribution >= 4 is 16.9 Å². The van der Waals surface area contributed by atoms with Gasteiger partial charge in [-0.05, 0) is 37.0 Å². The van der Waals surface area contributed by atoms with Crippen LogP contribution >= 0.6 is 0 Å². The minimum Gasteiger partial charge on any atom is -0.383 e. The highest BCUT2D eigenvalue weighted by Gasteiger charge is 2.22. The van der Waals surface area contributed by atoms with E-state index in [0.29, 0.717) is 34.5 Å². The van der Waals surface area contributed by atoms with Gasteiger partial charge >= 0.3 is 0 Å². The predicted molar refractivity (Wildman–Crippen MR) is 110 cm³/mol. The Morgan fingerprint density at radius 1 is 1.07 bits per heavy atom. The normalized spacial score (nSPS) is 14.7. The fourth-order valence-electron chi connectivity index (χ4n) is 4.14. The molecule has 0 bridgehead atoms. The van der Waals surface area contributed by atoms with Gasteiger partial charge in [0, 0.05) is 23.5 Å². The quantitative estimate of drug-likeness (QED) is 0.563. The molecule has 7 heteroatoms. The third kappa shape index (κ3) is 3.22. The fraction of sp³-hybridized carbons (Fsp3) is 0.273. The number of nitrogens with two attached hydrogens (primary N) is 1. The van der Waals surface area contributed by atoms with Gasteiger partial charge in [0.15, 0.2) is 11.5 Å². The van der Waals surface area contributed by atoms with Crippen LogP contribution in [-0.2, 0) is 6.54 Å². The number of rotatable bonds is 4. The van der Waals surface area contributed by atoms with Gasteiger partial charge in [0.25, 0.3) is 0 Å². The maximum atomic E-state index is 14.1. The predicted octanol–water partition coefficient (Wildman–Crippen LogP) is 4.32. The second-order valence-electron chi connectivity index (χ2n) is 7.49. The molecule has 1 aliphatic rings. The molecule has 6 nitrogen and oxygen atoms in total. The number of pyridine rings is 1. The molecule has 1 fully saturated rings. The highest BCUT2D eigenvalue weighted by atomic mass is 19.1. The van der Waals surface area contributed by atoms with Crippen molar-refractivity contribution in [2.45, 2.75) is 38.1 Å². The first-order chi connectivity index (χ1) is 14.2. The zero-order valence-electron chi connectivity index (χ0n) is 15.9. The maximum Gasteiger partial charge on any atom is 0.182 e. The summed E-state index contributed by atoms with van der Waals surface area (Å²) < 4.78 is 15.8. The van der Waals surface area contributed by atoms with E-state index in [4.69, 9.17) is 5.73 Å². The fourth-order valence-corrected chi connectivity index (χ4v) is 4.14. The molecule has 0 amide bonds. The van der Waals surface area contributed by atoms with Crippen molar-refractivity contribution in [2.75, 3.05) is 5.73 Å². The lowest BCUT2D eigenvalue weighted by atomic mass is 10.00. The van der Waals surface area contributed by atoms with Crippen LogP contribution in [0, 0.1) is 5.82 Å². The third-order valence-corrected chi connectivity index (χ3v) is 5.64. The number of fused-ring (bicyclic) bond motifs is 1. The van der Waals surface area contributed by atoms with Gasteiger partial charge in [0.2, 0.25) is 0 Å². The van der Waals surface area contributed by atoms with E-state index in [9.17, 15) is 4.39 Å². The van der Waals surface area contributed by atoms with E-state index in [1.165, 1.54) is 18.9 Å². The van der Waals surface area contributed by atoms with Gasteiger partial charge in [-0.25, -0.2) is 24.0 Å². The molecule has 29 heavy (non-hydrogen) atoms. The zero-order chi connectivity index (χ0) is 19.8. The van der Waals surface area contributed by atoms with Gasteiger partial charge < -0.3 is 5.73 Å². The number of hydrogen-bond donors (Lipinski definition) is 1. The molecule has 2 N–H and O–H groups in total. The van der Waals surface area contributed by atoms with Gasteiger partial charge in [-0.3, -0.25) is 0 Å².